The van der Waals surface area contributed by atoms with Gasteiger partial charge in [-0.1, -0.05) is 0 Å². The number of benzene rings is 5. The Balaban J connectivity index is 1.62. The van der Waals surface area contributed by atoms with E-state index in [4.69, 9.17) is 0 Å². The van der Waals surface area contributed by atoms with Crippen LogP contribution >= 0.6 is 5.15 Å². The molecule has 3 heteroatoms. The number of carbonyl (C=O) groups excluding carboxylic acids is 1. The summed E-state index contributed by atoms with van der Waals surface area (Å²) in [5.41, 5.74) is 2.13. The maximum absolute atomic E-state index is 13.2. The van der Waals surface area contributed by atoms with Crippen LogP contribution in [-0.4, -0.2) is 5.78 Å². The summed E-state index contributed by atoms with van der Waals surface area (Å²) < 4.78 is 3.64. The van der Waals surface area contributed by atoms with Crippen molar-refractivity contribution in [2.24, 2.45) is 0 Å². The van der Waals surface area contributed by atoms with Gasteiger partial charge in [0.1, 0.15) is 0 Å². The fourth-order valence-corrected chi connectivity index (χ4v) is 15.5. The molecule has 0 spiro atoms. The average Bonchev–Trinajstić information content (AvgIpc) is 2.97. The molecule has 0 unspecified atom stereocenters. The van der Waals surface area contributed by atoms with Crippen molar-refractivity contribution in [3.05, 3.63) is 162 Å². The summed E-state index contributed by atoms with van der Waals surface area (Å²) >= 11 is -0.458. The Bertz CT molecular complexity index is 1410. The van der Waals surface area contributed by atoms with Crippen molar-refractivity contribution in [1.82, 2.24) is 0 Å². The molecule has 0 N–H and O–H groups in total. The second-order valence-electron chi connectivity index (χ2n) is 8.22. The van der Waals surface area contributed by atoms with Crippen LogP contribution in [0.1, 0.15) is 21.5 Å². The van der Waals surface area contributed by atoms with Crippen LogP contribution in [-0.2, 0) is 19.2 Å². The molecule has 5 aromatic carbocycles. The van der Waals surface area contributed by atoms with Crippen molar-refractivity contribution in [3.8, 4) is 10.1 Å². The molecule has 0 heterocycles. The molecule has 0 bridgehead atoms. The molecule has 0 fully saturated rings. The quantitative estimate of drug-likeness (QED) is 0.0949. The van der Waals surface area contributed by atoms with E-state index < -0.39 is 24.4 Å². The number of rotatable bonds is 6. The van der Waals surface area contributed by atoms with Crippen molar-refractivity contribution < 1.29 is 24.0 Å². The first-order chi connectivity index (χ1) is 17.8. The molecule has 0 saturated carbocycles. The Morgan fingerprint density at radius 3 is 1.44 bits per heavy atom. The van der Waals surface area contributed by atoms with Crippen molar-refractivity contribution in [1.29, 1.82) is 0 Å². The monoisotopic (exact) mass is 665 g/mol. The maximum atomic E-state index is 13.2. The molecule has 0 atom stereocenters. The Labute approximate surface area is 222 Å². The van der Waals surface area contributed by atoms with E-state index in [2.05, 4.69) is 101 Å². The van der Waals surface area contributed by atoms with Crippen LogP contribution in [0.25, 0.3) is 0 Å². The van der Waals surface area contributed by atoms with Crippen LogP contribution in [0.2, 0.25) is 0 Å². The van der Waals surface area contributed by atoms with Gasteiger partial charge in [0, 0.05) is 0 Å². The van der Waals surface area contributed by atoms with Crippen LogP contribution in [0.4, 0.5) is 0 Å². The summed E-state index contributed by atoms with van der Waals surface area (Å²) in [5, 5.41) is 1.76. The van der Waals surface area contributed by atoms with E-state index in [1.165, 1.54) is 15.9 Å². The molecule has 5 aromatic rings. The second-order valence-corrected chi connectivity index (χ2v) is 18.3. The second kappa shape index (κ2) is 11.5. The van der Waals surface area contributed by atoms with Gasteiger partial charge >= 0.3 is 223 Å². The van der Waals surface area contributed by atoms with Gasteiger partial charge in [-0.2, -0.15) is 0 Å². The zero-order chi connectivity index (χ0) is 24.6. The Morgan fingerprint density at radius 2 is 0.944 bits per heavy atom. The third-order valence-electron chi connectivity index (χ3n) is 5.98. The zero-order valence-corrected chi connectivity index (χ0v) is 22.7. The topological polar surface area (TPSA) is 17.1 Å². The van der Waals surface area contributed by atoms with Gasteiger partial charge in [0.05, 0.1) is 0 Å². The van der Waals surface area contributed by atoms with Gasteiger partial charge in [-0.3, -0.25) is 0 Å². The van der Waals surface area contributed by atoms with Crippen LogP contribution in [0.15, 0.2) is 146 Å². The van der Waals surface area contributed by atoms with Crippen molar-refractivity contribution in [3.63, 3.8) is 0 Å². The van der Waals surface area contributed by atoms with Crippen LogP contribution in [0.3, 0.4) is 0 Å². The van der Waals surface area contributed by atoms with E-state index in [1.54, 1.807) is 0 Å². The van der Waals surface area contributed by atoms with Crippen molar-refractivity contribution in [2.75, 3.05) is 0 Å². The van der Waals surface area contributed by atoms with Gasteiger partial charge in [0.25, 0.3) is 0 Å². The molecular weight excluding hydrogens is 640 g/mol. The molecule has 0 aliphatic rings. The molecule has 36 heavy (non-hydrogen) atoms. The molecule has 0 saturated heterocycles. The summed E-state index contributed by atoms with van der Waals surface area (Å²) in [6, 6.07) is 49.7. The Kier molecular flexibility index (Phi) is 7.73. The molecular formula is C33H25AuOP. The summed E-state index contributed by atoms with van der Waals surface area (Å²) in [7, 11) is 0. The minimum absolute atomic E-state index is 0.00912. The zero-order valence-electron chi connectivity index (χ0n) is 19.6. The first kappa shape index (κ1) is 24.2. The van der Waals surface area contributed by atoms with Gasteiger partial charge in [-0.15, -0.1) is 0 Å². The molecule has 179 valence electrons. The van der Waals surface area contributed by atoms with E-state index in [0.717, 1.165) is 5.56 Å². The summed E-state index contributed by atoms with van der Waals surface area (Å²) in [6.07, 6.45) is 0. The van der Waals surface area contributed by atoms with Crippen LogP contribution < -0.4 is 15.9 Å². The fraction of sp³-hybridized carbons (Fsp3) is 0. The van der Waals surface area contributed by atoms with E-state index in [-0.39, 0.29) is 5.78 Å². The number of carbonyl (C=O) groups is 1. The number of hydrogen-bond donors (Lipinski definition) is 0. The first-order valence-electron chi connectivity index (χ1n) is 11.7. The molecule has 5 rings (SSSR count). The SMILES string of the molecule is O=C(c1ccccc1)c1ccccc1C#[C][Au][PH](c1ccccc1)(c1ccccc1)c1ccccc1. The Hall–Kier alpha value is -3.50. The summed E-state index contributed by atoms with van der Waals surface area (Å²) in [6.45, 7) is 0. The number of hydrogen-bond acceptors (Lipinski definition) is 1. The molecule has 0 radical (unpaired) electrons. The predicted octanol–water partition coefficient (Wildman–Crippen LogP) is 5.95. The van der Waals surface area contributed by atoms with E-state index >= 15 is 0 Å². The third-order valence-corrected chi connectivity index (χ3v) is 18.7. The van der Waals surface area contributed by atoms with Crippen LogP contribution in [0.5, 0.6) is 0 Å². The van der Waals surface area contributed by atoms with E-state index in [1.807, 2.05) is 54.6 Å². The van der Waals surface area contributed by atoms with Crippen molar-refractivity contribution >= 4 is 26.8 Å². The molecule has 1 nitrogen and oxygen atoms in total. The van der Waals surface area contributed by atoms with Crippen LogP contribution in [0, 0.1) is 10.1 Å². The minimum atomic E-state index is -2.35. The van der Waals surface area contributed by atoms with E-state index in [0.29, 0.717) is 11.1 Å². The van der Waals surface area contributed by atoms with Gasteiger partial charge in [0.15, 0.2) is 0 Å². The number of ketones is 1. The Morgan fingerprint density at radius 1 is 0.528 bits per heavy atom. The molecule has 0 amide bonds. The fourth-order valence-electron chi connectivity index (χ4n) is 4.25. The average molecular weight is 666 g/mol. The van der Waals surface area contributed by atoms with Gasteiger partial charge in [-0.25, -0.2) is 0 Å². The van der Waals surface area contributed by atoms with Gasteiger partial charge in [0.2, 0.25) is 0 Å². The predicted molar refractivity (Wildman–Crippen MR) is 150 cm³/mol. The third kappa shape index (κ3) is 5.05. The van der Waals surface area contributed by atoms with E-state index in [9.17, 15) is 4.79 Å². The molecule has 0 aliphatic heterocycles. The summed E-state index contributed by atoms with van der Waals surface area (Å²) in [5.74, 6) is 3.44. The van der Waals surface area contributed by atoms with Crippen molar-refractivity contribution in [2.45, 2.75) is 0 Å². The molecule has 0 aromatic heterocycles. The van der Waals surface area contributed by atoms with Gasteiger partial charge < -0.3 is 0 Å². The first-order valence-corrected chi connectivity index (χ1v) is 17.9. The van der Waals surface area contributed by atoms with Gasteiger partial charge in [-0.05, 0) is 0 Å². The summed E-state index contributed by atoms with van der Waals surface area (Å²) in [4.78, 5) is 13.2. The standard InChI is InChI=1S/C18H15P.C15H9O.Au/c1-4-10-16(11-5-1)19(17-12-6-2-7-13-17)18-14-8-3-9-15-18;1-2-12-8-6-7-11-14(12)15(16)13-9-4-3-5-10-13;/h1-15H;3-11H;/q;;-1/p+1. The normalized spacial score (nSPS) is 11.3. The molecule has 0 aliphatic carbocycles.